The predicted molar refractivity (Wildman–Crippen MR) is 75.4 cm³/mol. The first-order valence-corrected chi connectivity index (χ1v) is 7.92. The summed E-state index contributed by atoms with van der Waals surface area (Å²) in [4.78, 5) is 12.9. The maximum atomic E-state index is 11.8. The molecule has 0 aromatic rings. The van der Waals surface area contributed by atoms with Crippen LogP contribution in [0.25, 0.3) is 0 Å². The molecule has 0 aliphatic rings. The van der Waals surface area contributed by atoms with E-state index in [0.29, 0.717) is 6.54 Å². The van der Waals surface area contributed by atoms with E-state index < -0.39 is 10.0 Å². The lowest BCUT2D eigenvalue weighted by Crippen LogP contribution is -2.40. The molecule has 19 heavy (non-hydrogen) atoms. The molecular weight excluding hydrogens is 268 g/mol. The van der Waals surface area contributed by atoms with Crippen molar-refractivity contribution in [3.63, 3.8) is 0 Å². The highest BCUT2D eigenvalue weighted by Gasteiger charge is 2.22. The molecule has 0 aromatic heterocycles. The number of carbonyl (C=O) groups is 1. The van der Waals surface area contributed by atoms with Crippen molar-refractivity contribution in [2.24, 2.45) is 5.41 Å². The molecule has 0 rings (SSSR count). The number of hydrogen-bond acceptors (Lipinski definition) is 5. The highest BCUT2D eigenvalue weighted by Crippen LogP contribution is 2.14. The third-order valence-electron chi connectivity index (χ3n) is 2.54. The Labute approximate surface area is 116 Å². The Morgan fingerprint density at radius 3 is 2.37 bits per heavy atom. The second-order valence-corrected chi connectivity index (χ2v) is 7.65. The van der Waals surface area contributed by atoms with Gasteiger partial charge in [-0.2, -0.15) is 0 Å². The van der Waals surface area contributed by atoms with Gasteiger partial charge in [-0.15, -0.1) is 0 Å². The van der Waals surface area contributed by atoms with E-state index in [9.17, 15) is 13.2 Å². The van der Waals surface area contributed by atoms with Crippen LogP contribution in [0, 0.1) is 5.41 Å². The first-order chi connectivity index (χ1) is 8.58. The minimum atomic E-state index is -3.33. The Morgan fingerprint density at radius 1 is 1.32 bits per heavy atom. The summed E-state index contributed by atoms with van der Waals surface area (Å²) in [6.45, 7) is 5.18. The van der Waals surface area contributed by atoms with Crippen molar-refractivity contribution in [3.05, 3.63) is 0 Å². The largest absolute Gasteiger partial charge is 0.469 e. The van der Waals surface area contributed by atoms with Crippen LogP contribution in [0.2, 0.25) is 0 Å². The SMILES string of the molecule is COC(=O)CCCS(=O)(=O)NCC(C)(C)CN(C)C. The quantitative estimate of drug-likeness (QED) is 0.625. The van der Waals surface area contributed by atoms with E-state index in [1.165, 1.54) is 7.11 Å². The van der Waals surface area contributed by atoms with E-state index in [-0.39, 0.29) is 30.0 Å². The number of carbonyl (C=O) groups excluding carboxylic acids is 1. The van der Waals surface area contributed by atoms with Gasteiger partial charge < -0.3 is 9.64 Å². The van der Waals surface area contributed by atoms with E-state index in [1.807, 2.05) is 32.8 Å². The van der Waals surface area contributed by atoms with Gasteiger partial charge in [0.15, 0.2) is 0 Å². The minimum Gasteiger partial charge on any atom is -0.469 e. The second kappa shape index (κ2) is 7.81. The van der Waals surface area contributed by atoms with Gasteiger partial charge >= 0.3 is 5.97 Å². The number of methoxy groups -OCH3 is 1. The second-order valence-electron chi connectivity index (χ2n) is 5.72. The van der Waals surface area contributed by atoms with Gasteiger partial charge in [-0.05, 0) is 25.9 Å². The summed E-state index contributed by atoms with van der Waals surface area (Å²) in [7, 11) is 1.86. The Kier molecular flexibility index (Phi) is 7.54. The zero-order valence-electron chi connectivity index (χ0n) is 12.5. The van der Waals surface area contributed by atoms with E-state index in [2.05, 4.69) is 9.46 Å². The number of hydrogen-bond donors (Lipinski definition) is 1. The molecule has 0 aliphatic carbocycles. The zero-order chi connectivity index (χ0) is 15.1. The number of ether oxygens (including phenoxy) is 1. The number of rotatable bonds is 9. The summed E-state index contributed by atoms with van der Waals surface area (Å²) in [6.07, 6.45) is 0.397. The van der Waals surface area contributed by atoms with Crippen molar-refractivity contribution in [2.45, 2.75) is 26.7 Å². The van der Waals surface area contributed by atoms with E-state index in [0.717, 1.165) is 6.54 Å². The lowest BCUT2D eigenvalue weighted by atomic mass is 9.93. The fraction of sp³-hybridized carbons (Fsp3) is 0.917. The van der Waals surface area contributed by atoms with Crippen molar-refractivity contribution in [3.8, 4) is 0 Å². The molecule has 0 bridgehead atoms. The number of nitrogens with one attached hydrogen (secondary N) is 1. The molecule has 0 spiro atoms. The fourth-order valence-electron chi connectivity index (χ4n) is 1.80. The molecule has 6 nitrogen and oxygen atoms in total. The average Bonchev–Trinajstić information content (AvgIpc) is 2.24. The average molecular weight is 294 g/mol. The van der Waals surface area contributed by atoms with Gasteiger partial charge in [0.25, 0.3) is 0 Å². The van der Waals surface area contributed by atoms with E-state index in [1.54, 1.807) is 0 Å². The molecule has 0 heterocycles. The topological polar surface area (TPSA) is 75.7 Å². The van der Waals surface area contributed by atoms with Crippen LogP contribution in [0.1, 0.15) is 26.7 Å². The van der Waals surface area contributed by atoms with Crippen LogP contribution >= 0.6 is 0 Å². The molecule has 114 valence electrons. The third-order valence-corrected chi connectivity index (χ3v) is 3.95. The molecule has 0 aliphatic heterocycles. The van der Waals surface area contributed by atoms with Crippen LogP contribution < -0.4 is 4.72 Å². The number of esters is 1. The van der Waals surface area contributed by atoms with E-state index >= 15 is 0 Å². The first-order valence-electron chi connectivity index (χ1n) is 6.27. The van der Waals surface area contributed by atoms with Gasteiger partial charge in [0, 0.05) is 19.5 Å². The van der Waals surface area contributed by atoms with Crippen LogP contribution in [-0.2, 0) is 19.6 Å². The summed E-state index contributed by atoms with van der Waals surface area (Å²) in [5.74, 6) is -0.441. The van der Waals surface area contributed by atoms with Gasteiger partial charge in [-0.1, -0.05) is 13.8 Å². The lowest BCUT2D eigenvalue weighted by Gasteiger charge is -2.28. The standard InChI is InChI=1S/C12H26N2O4S/c1-12(2,10-14(3)4)9-13-19(16,17)8-6-7-11(15)18-5/h13H,6-10H2,1-5H3. The summed E-state index contributed by atoms with van der Waals surface area (Å²) < 4.78 is 30.6. The molecule has 0 unspecified atom stereocenters. The molecule has 0 amide bonds. The van der Waals surface area contributed by atoms with E-state index in [4.69, 9.17) is 0 Å². The van der Waals surface area contributed by atoms with Crippen molar-refractivity contribution >= 4 is 16.0 Å². The van der Waals surface area contributed by atoms with Crippen molar-refractivity contribution < 1.29 is 17.9 Å². The maximum absolute atomic E-state index is 11.8. The number of sulfonamides is 1. The van der Waals surface area contributed by atoms with Crippen molar-refractivity contribution in [2.75, 3.05) is 40.0 Å². The molecular formula is C12H26N2O4S. The van der Waals surface area contributed by atoms with Crippen molar-refractivity contribution in [1.82, 2.24) is 9.62 Å². The third kappa shape index (κ3) is 9.86. The Morgan fingerprint density at radius 2 is 1.89 bits per heavy atom. The molecule has 0 radical (unpaired) electrons. The summed E-state index contributed by atoms with van der Waals surface area (Å²) in [5, 5.41) is 0. The monoisotopic (exact) mass is 294 g/mol. The highest BCUT2D eigenvalue weighted by atomic mass is 32.2. The molecule has 0 aromatic carbocycles. The van der Waals surface area contributed by atoms with Crippen LogP contribution in [-0.4, -0.2) is 59.3 Å². The van der Waals surface area contributed by atoms with Crippen LogP contribution in [0.15, 0.2) is 0 Å². The smallest absolute Gasteiger partial charge is 0.305 e. The lowest BCUT2D eigenvalue weighted by molar-refractivity contribution is -0.140. The molecule has 0 saturated heterocycles. The van der Waals surface area contributed by atoms with Crippen molar-refractivity contribution in [1.29, 1.82) is 0 Å². The summed E-state index contributed by atoms with van der Waals surface area (Å²) in [6, 6.07) is 0. The normalized spacial score (nSPS) is 12.7. The van der Waals surface area contributed by atoms with Crippen LogP contribution in [0.3, 0.4) is 0 Å². The highest BCUT2D eigenvalue weighted by molar-refractivity contribution is 7.89. The Balaban J connectivity index is 4.13. The van der Waals surface area contributed by atoms with Gasteiger partial charge in [0.2, 0.25) is 10.0 Å². The molecule has 7 heteroatoms. The van der Waals surface area contributed by atoms with Gasteiger partial charge in [-0.25, -0.2) is 13.1 Å². The summed E-state index contributed by atoms with van der Waals surface area (Å²) >= 11 is 0. The first kappa shape index (κ1) is 18.3. The van der Waals surface area contributed by atoms with Gasteiger partial charge in [0.05, 0.1) is 12.9 Å². The minimum absolute atomic E-state index is 0.0554. The fourth-order valence-corrected chi connectivity index (χ4v) is 3.08. The molecule has 0 fully saturated rings. The predicted octanol–water partition coefficient (Wildman–Crippen LogP) is 0.447. The van der Waals surface area contributed by atoms with Gasteiger partial charge in [-0.3, -0.25) is 4.79 Å². The van der Waals surface area contributed by atoms with Gasteiger partial charge in [0.1, 0.15) is 0 Å². The maximum Gasteiger partial charge on any atom is 0.305 e. The zero-order valence-corrected chi connectivity index (χ0v) is 13.3. The Hall–Kier alpha value is -0.660. The number of nitrogens with zero attached hydrogens (tertiary/aromatic N) is 1. The Bertz CT molecular complexity index is 377. The summed E-state index contributed by atoms with van der Waals surface area (Å²) in [5.41, 5.74) is -0.140. The molecule has 1 N–H and O–H groups in total. The van der Waals surface area contributed by atoms with Crippen LogP contribution in [0.5, 0.6) is 0 Å². The molecule has 0 saturated carbocycles. The van der Waals surface area contributed by atoms with Crippen LogP contribution in [0.4, 0.5) is 0 Å². The molecule has 0 atom stereocenters.